The van der Waals surface area contributed by atoms with Crippen molar-refractivity contribution in [3.05, 3.63) is 29.8 Å². The summed E-state index contributed by atoms with van der Waals surface area (Å²) in [7, 11) is -3.53. The predicted molar refractivity (Wildman–Crippen MR) is 91.5 cm³/mol. The molecule has 1 aromatic carbocycles. The summed E-state index contributed by atoms with van der Waals surface area (Å²) in [6.45, 7) is 4.84. The molecule has 2 N–H and O–H groups in total. The highest BCUT2D eigenvalue weighted by atomic mass is 32.2. The maximum atomic E-state index is 12.1. The Morgan fingerprint density at radius 3 is 2.43 bits per heavy atom. The van der Waals surface area contributed by atoms with Gasteiger partial charge in [0, 0.05) is 12.1 Å². The van der Waals surface area contributed by atoms with Gasteiger partial charge in [-0.3, -0.25) is 4.79 Å². The first-order valence-corrected chi connectivity index (χ1v) is 9.16. The molecule has 5 nitrogen and oxygen atoms in total. The number of nitrogens with one attached hydrogen (secondary N) is 2. The van der Waals surface area contributed by atoms with E-state index >= 15 is 0 Å². The molecule has 0 aliphatic carbocycles. The lowest BCUT2D eigenvalue weighted by Crippen LogP contribution is -2.25. The average Bonchev–Trinajstić information content (AvgIpc) is 2.52. The molecule has 23 heavy (non-hydrogen) atoms. The van der Waals surface area contributed by atoms with E-state index in [2.05, 4.69) is 29.8 Å². The van der Waals surface area contributed by atoms with Gasteiger partial charge in [-0.05, 0) is 36.6 Å². The van der Waals surface area contributed by atoms with Crippen LogP contribution in [-0.2, 0) is 10.0 Å². The van der Waals surface area contributed by atoms with Crippen LogP contribution in [0, 0.1) is 18.3 Å². The molecule has 126 valence electrons. The van der Waals surface area contributed by atoms with Gasteiger partial charge in [-0.2, -0.15) is 0 Å². The molecular formula is C17H24N2O3S. The van der Waals surface area contributed by atoms with Crippen molar-refractivity contribution in [1.82, 2.24) is 10.0 Å². The normalized spacial score (nSPS) is 11.2. The fourth-order valence-corrected chi connectivity index (χ4v) is 3.06. The molecule has 0 spiro atoms. The van der Waals surface area contributed by atoms with E-state index in [1.54, 1.807) is 0 Å². The van der Waals surface area contributed by atoms with Crippen LogP contribution < -0.4 is 10.0 Å². The van der Waals surface area contributed by atoms with Crippen LogP contribution in [0.4, 0.5) is 0 Å². The van der Waals surface area contributed by atoms with Crippen LogP contribution in [0.2, 0.25) is 0 Å². The first-order chi connectivity index (χ1) is 10.9. The van der Waals surface area contributed by atoms with Gasteiger partial charge in [0.05, 0.1) is 11.4 Å². The molecule has 1 amide bonds. The topological polar surface area (TPSA) is 75.3 Å². The Hall–Kier alpha value is -1.84. The van der Waals surface area contributed by atoms with Crippen LogP contribution in [0.3, 0.4) is 0 Å². The van der Waals surface area contributed by atoms with Gasteiger partial charge in [-0.25, -0.2) is 13.1 Å². The second kappa shape index (κ2) is 9.33. The molecule has 0 bridgehead atoms. The Morgan fingerprint density at radius 1 is 1.22 bits per heavy atom. The lowest BCUT2D eigenvalue weighted by molar-refractivity contribution is 0.0958. The number of sulfonamides is 1. The molecule has 1 rings (SSSR count). The Bertz CT molecular complexity index is 643. The second-order valence-electron chi connectivity index (χ2n) is 5.70. The highest BCUT2D eigenvalue weighted by molar-refractivity contribution is 7.89. The van der Waals surface area contributed by atoms with E-state index in [9.17, 15) is 13.2 Å². The Morgan fingerprint density at radius 2 is 1.87 bits per heavy atom. The van der Waals surface area contributed by atoms with Gasteiger partial charge in [-0.1, -0.05) is 32.6 Å². The summed E-state index contributed by atoms with van der Waals surface area (Å²) in [5.74, 6) is 2.61. The van der Waals surface area contributed by atoms with Crippen molar-refractivity contribution in [2.45, 2.75) is 38.0 Å². The fraction of sp³-hybridized carbons (Fsp3) is 0.471. The van der Waals surface area contributed by atoms with Crippen LogP contribution in [0.1, 0.15) is 43.5 Å². The van der Waals surface area contributed by atoms with Gasteiger partial charge in [0.15, 0.2) is 0 Å². The van der Waals surface area contributed by atoms with Crippen LogP contribution in [0.15, 0.2) is 29.2 Å². The number of carbonyl (C=O) groups excluding carboxylic acids is 1. The minimum atomic E-state index is -3.53. The number of hydrogen-bond acceptors (Lipinski definition) is 3. The monoisotopic (exact) mass is 336 g/mol. The van der Waals surface area contributed by atoms with E-state index in [1.807, 2.05) is 0 Å². The van der Waals surface area contributed by atoms with Gasteiger partial charge < -0.3 is 5.32 Å². The summed E-state index contributed by atoms with van der Waals surface area (Å²) in [6.07, 6.45) is 7.96. The Kier molecular flexibility index (Phi) is 7.79. The lowest BCUT2D eigenvalue weighted by Gasteiger charge is -2.08. The molecule has 0 heterocycles. The fourth-order valence-electron chi connectivity index (χ4n) is 1.99. The number of benzene rings is 1. The van der Waals surface area contributed by atoms with Gasteiger partial charge in [-0.15, -0.1) is 6.42 Å². The third kappa shape index (κ3) is 6.85. The molecule has 0 saturated carbocycles. The molecule has 1 aromatic rings. The number of carbonyl (C=O) groups is 1. The standard InChI is InChI=1S/C17H24N2O3S/c1-4-12-18-17(20)15-8-10-16(11-9-15)23(21,22)19-13-6-5-7-14(2)3/h1,8-11,14,19H,5-7,12-13H2,2-3H3,(H,18,20). The van der Waals surface area contributed by atoms with E-state index in [1.165, 1.54) is 24.3 Å². The first-order valence-electron chi connectivity index (χ1n) is 7.68. The number of rotatable bonds is 9. The summed E-state index contributed by atoms with van der Waals surface area (Å²) < 4.78 is 26.9. The van der Waals surface area contributed by atoms with Gasteiger partial charge in [0.25, 0.3) is 5.91 Å². The van der Waals surface area contributed by atoms with Crippen molar-refractivity contribution >= 4 is 15.9 Å². The van der Waals surface area contributed by atoms with Crippen molar-refractivity contribution < 1.29 is 13.2 Å². The lowest BCUT2D eigenvalue weighted by atomic mass is 10.1. The van der Waals surface area contributed by atoms with E-state index in [-0.39, 0.29) is 17.3 Å². The predicted octanol–water partition coefficient (Wildman–Crippen LogP) is 2.15. The molecule has 0 fully saturated rings. The first kappa shape index (κ1) is 19.2. The van der Waals surface area contributed by atoms with Crippen LogP contribution in [-0.4, -0.2) is 27.4 Å². The quantitative estimate of drug-likeness (QED) is 0.536. The zero-order chi connectivity index (χ0) is 17.3. The Balaban J connectivity index is 2.57. The molecule has 6 heteroatoms. The highest BCUT2D eigenvalue weighted by Crippen LogP contribution is 2.11. The van der Waals surface area contributed by atoms with E-state index in [0.29, 0.717) is 18.0 Å². The highest BCUT2D eigenvalue weighted by Gasteiger charge is 2.14. The molecule has 0 saturated heterocycles. The smallest absolute Gasteiger partial charge is 0.252 e. The zero-order valence-electron chi connectivity index (χ0n) is 13.6. The van der Waals surface area contributed by atoms with Gasteiger partial charge in [0.2, 0.25) is 10.0 Å². The van der Waals surface area contributed by atoms with Crippen molar-refractivity contribution in [2.75, 3.05) is 13.1 Å². The maximum absolute atomic E-state index is 12.1. The number of unbranched alkanes of at least 4 members (excludes halogenated alkanes) is 1. The molecule has 0 aliphatic heterocycles. The van der Waals surface area contributed by atoms with Gasteiger partial charge in [0.1, 0.15) is 0 Å². The van der Waals surface area contributed by atoms with E-state index in [4.69, 9.17) is 6.42 Å². The van der Waals surface area contributed by atoms with Crippen molar-refractivity contribution in [1.29, 1.82) is 0 Å². The summed E-state index contributed by atoms with van der Waals surface area (Å²) in [6, 6.07) is 5.78. The third-order valence-electron chi connectivity index (χ3n) is 3.28. The molecule has 0 aliphatic rings. The van der Waals surface area contributed by atoms with E-state index in [0.717, 1.165) is 19.3 Å². The van der Waals surface area contributed by atoms with E-state index < -0.39 is 10.0 Å². The Labute approximate surface area is 138 Å². The molecule has 0 radical (unpaired) electrons. The third-order valence-corrected chi connectivity index (χ3v) is 4.76. The van der Waals surface area contributed by atoms with Gasteiger partial charge >= 0.3 is 0 Å². The summed E-state index contributed by atoms with van der Waals surface area (Å²) in [4.78, 5) is 11.8. The van der Waals surface area contributed by atoms with Crippen molar-refractivity contribution in [2.24, 2.45) is 5.92 Å². The van der Waals surface area contributed by atoms with Crippen molar-refractivity contribution in [3.8, 4) is 12.3 Å². The second-order valence-corrected chi connectivity index (χ2v) is 7.47. The molecule has 0 unspecified atom stereocenters. The number of amides is 1. The number of hydrogen-bond donors (Lipinski definition) is 2. The molecular weight excluding hydrogens is 312 g/mol. The minimum Gasteiger partial charge on any atom is -0.341 e. The van der Waals surface area contributed by atoms with Crippen molar-refractivity contribution in [3.63, 3.8) is 0 Å². The largest absolute Gasteiger partial charge is 0.341 e. The average molecular weight is 336 g/mol. The molecule has 0 atom stereocenters. The SMILES string of the molecule is C#CCNC(=O)c1ccc(S(=O)(=O)NCCCCC(C)C)cc1. The maximum Gasteiger partial charge on any atom is 0.252 e. The molecule has 0 aromatic heterocycles. The summed E-state index contributed by atoms with van der Waals surface area (Å²) in [5, 5.41) is 2.52. The van der Waals surface area contributed by atoms with Crippen LogP contribution in [0.25, 0.3) is 0 Å². The minimum absolute atomic E-state index is 0.136. The van der Waals surface area contributed by atoms with Crippen LogP contribution in [0.5, 0.6) is 0 Å². The van der Waals surface area contributed by atoms with Crippen LogP contribution >= 0.6 is 0 Å². The summed E-state index contributed by atoms with van der Waals surface area (Å²) in [5.41, 5.74) is 0.371. The summed E-state index contributed by atoms with van der Waals surface area (Å²) >= 11 is 0. The number of terminal acetylenes is 1. The zero-order valence-corrected chi connectivity index (χ0v) is 14.4.